The number of para-hydroxylation sites is 2. The summed E-state index contributed by atoms with van der Waals surface area (Å²) in [5.74, 6) is 1.85. The maximum Gasteiger partial charge on any atom is 0.174 e. The van der Waals surface area contributed by atoms with Crippen LogP contribution in [0.25, 0.3) is 22.7 Å². The van der Waals surface area contributed by atoms with Crippen molar-refractivity contribution in [2.45, 2.75) is 0 Å². The van der Waals surface area contributed by atoms with Crippen LogP contribution in [0, 0.1) is 14.9 Å². The second kappa shape index (κ2) is 6.93. The van der Waals surface area contributed by atoms with E-state index in [1.54, 1.807) is 20.3 Å². The number of rotatable bonds is 4. The van der Waals surface area contributed by atoms with Crippen molar-refractivity contribution >= 4 is 45.3 Å². The van der Waals surface area contributed by atoms with Crippen molar-refractivity contribution in [2.75, 3.05) is 14.2 Å². The highest BCUT2D eigenvalue weighted by Gasteiger charge is 2.12. The average Bonchev–Trinajstić information content (AvgIpc) is 3.02. The van der Waals surface area contributed by atoms with Crippen molar-refractivity contribution in [2.24, 2.45) is 0 Å². The molecule has 0 bridgehead atoms. The predicted molar refractivity (Wildman–Crippen MR) is 102 cm³/mol. The van der Waals surface area contributed by atoms with Crippen LogP contribution in [0.15, 0.2) is 36.4 Å². The topological polar surface area (TPSA) is 70.9 Å². The number of aromatic amines is 1. The molecule has 0 atom stereocenters. The van der Waals surface area contributed by atoms with Gasteiger partial charge in [0.1, 0.15) is 11.9 Å². The van der Waals surface area contributed by atoms with Crippen molar-refractivity contribution < 1.29 is 9.47 Å². The van der Waals surface area contributed by atoms with Gasteiger partial charge in [-0.05, 0) is 58.5 Å². The quantitative estimate of drug-likeness (QED) is 0.496. The zero-order chi connectivity index (χ0) is 17.1. The first-order valence-electron chi connectivity index (χ1n) is 7.14. The number of ether oxygens (including phenoxy) is 2. The van der Waals surface area contributed by atoms with Crippen LogP contribution in [0.2, 0.25) is 0 Å². The number of H-pyrrole nitrogens is 1. The summed E-state index contributed by atoms with van der Waals surface area (Å²) in [6, 6.07) is 13.7. The number of allylic oxidation sites excluding steroid dienone is 1. The Balaban J connectivity index is 2.08. The monoisotopic (exact) mass is 431 g/mol. The Kier molecular flexibility index (Phi) is 4.71. The summed E-state index contributed by atoms with van der Waals surface area (Å²) in [6.45, 7) is 0. The molecule has 2 aromatic carbocycles. The Morgan fingerprint density at radius 1 is 1.25 bits per heavy atom. The number of nitrogens with one attached hydrogen (secondary N) is 1. The zero-order valence-corrected chi connectivity index (χ0v) is 15.3. The molecule has 0 aliphatic heterocycles. The first kappa shape index (κ1) is 16.3. The lowest BCUT2D eigenvalue weighted by Gasteiger charge is -2.10. The molecule has 1 N–H and O–H groups in total. The number of hydrogen-bond donors (Lipinski definition) is 1. The molecule has 0 aliphatic rings. The van der Waals surface area contributed by atoms with Gasteiger partial charge in [0, 0.05) is 0 Å². The van der Waals surface area contributed by atoms with Gasteiger partial charge < -0.3 is 14.5 Å². The van der Waals surface area contributed by atoms with Crippen LogP contribution >= 0.6 is 22.6 Å². The zero-order valence-electron chi connectivity index (χ0n) is 13.1. The smallest absolute Gasteiger partial charge is 0.174 e. The van der Waals surface area contributed by atoms with E-state index in [2.05, 4.69) is 38.6 Å². The molecule has 5 nitrogen and oxygen atoms in total. The predicted octanol–water partition coefficient (Wildman–Crippen LogP) is 4.25. The van der Waals surface area contributed by atoms with Crippen LogP contribution in [-0.4, -0.2) is 24.2 Å². The van der Waals surface area contributed by atoms with Crippen molar-refractivity contribution in [3.05, 3.63) is 51.4 Å². The summed E-state index contributed by atoms with van der Waals surface area (Å²) in [4.78, 5) is 7.65. The second-order valence-electron chi connectivity index (χ2n) is 5.01. The molecule has 1 aromatic heterocycles. The lowest BCUT2D eigenvalue weighted by Crippen LogP contribution is -1.94. The van der Waals surface area contributed by atoms with E-state index in [0.717, 1.165) is 20.2 Å². The fraction of sp³-hybridized carbons (Fsp3) is 0.111. The van der Waals surface area contributed by atoms with Crippen molar-refractivity contribution in [1.29, 1.82) is 5.26 Å². The SMILES string of the molecule is COc1cc(/C=C(\C#N)c2nc3ccccc3[nH]2)cc(I)c1OC. The Bertz CT molecular complexity index is 937. The Labute approximate surface area is 153 Å². The van der Waals surface area contributed by atoms with E-state index in [1.807, 2.05) is 36.4 Å². The van der Waals surface area contributed by atoms with E-state index in [0.29, 0.717) is 22.9 Å². The number of hydrogen-bond acceptors (Lipinski definition) is 4. The summed E-state index contributed by atoms with van der Waals surface area (Å²) in [5, 5.41) is 9.53. The normalized spacial score (nSPS) is 11.3. The van der Waals surface area contributed by atoms with Crippen LogP contribution in [0.1, 0.15) is 11.4 Å². The Hall–Kier alpha value is -2.53. The number of fused-ring (bicyclic) bond motifs is 1. The summed E-state index contributed by atoms with van der Waals surface area (Å²) < 4.78 is 11.6. The van der Waals surface area contributed by atoms with E-state index in [-0.39, 0.29) is 0 Å². The lowest BCUT2D eigenvalue weighted by atomic mass is 10.1. The molecule has 0 amide bonds. The van der Waals surface area contributed by atoms with Gasteiger partial charge >= 0.3 is 0 Å². The number of nitrogens with zero attached hydrogens (tertiary/aromatic N) is 2. The largest absolute Gasteiger partial charge is 0.493 e. The third-order valence-corrected chi connectivity index (χ3v) is 4.33. The van der Waals surface area contributed by atoms with Crippen molar-refractivity contribution in [3.8, 4) is 17.6 Å². The molecule has 0 spiro atoms. The first-order chi connectivity index (χ1) is 11.7. The molecule has 3 rings (SSSR count). The molecule has 3 aromatic rings. The molecule has 0 fully saturated rings. The van der Waals surface area contributed by atoms with Gasteiger partial charge in [-0.15, -0.1) is 0 Å². The number of methoxy groups -OCH3 is 2. The average molecular weight is 431 g/mol. The van der Waals surface area contributed by atoms with Gasteiger partial charge in [-0.1, -0.05) is 12.1 Å². The molecular formula is C18H14IN3O2. The standard InChI is InChI=1S/C18H14IN3O2/c1-23-16-9-11(8-13(19)17(16)24-2)7-12(10-20)18-21-14-5-3-4-6-15(14)22-18/h3-9H,1-2H3,(H,21,22)/b12-7+. The third kappa shape index (κ3) is 3.08. The fourth-order valence-corrected chi connectivity index (χ4v) is 3.27. The van der Waals surface area contributed by atoms with E-state index < -0.39 is 0 Å². The second-order valence-corrected chi connectivity index (χ2v) is 6.17. The highest BCUT2D eigenvalue weighted by molar-refractivity contribution is 14.1. The molecule has 6 heteroatoms. The highest BCUT2D eigenvalue weighted by atomic mass is 127. The van der Waals surface area contributed by atoms with E-state index in [9.17, 15) is 5.26 Å². The van der Waals surface area contributed by atoms with Gasteiger partial charge in [0.2, 0.25) is 0 Å². The summed E-state index contributed by atoms with van der Waals surface area (Å²) in [5.41, 5.74) is 3.02. The van der Waals surface area contributed by atoms with Crippen molar-refractivity contribution in [1.82, 2.24) is 9.97 Å². The Morgan fingerprint density at radius 3 is 2.71 bits per heavy atom. The third-order valence-electron chi connectivity index (χ3n) is 3.53. The first-order valence-corrected chi connectivity index (χ1v) is 8.22. The van der Waals surface area contributed by atoms with Crippen LogP contribution in [0.3, 0.4) is 0 Å². The lowest BCUT2D eigenvalue weighted by molar-refractivity contribution is 0.353. The molecule has 0 saturated heterocycles. The number of halogens is 1. The molecule has 0 saturated carbocycles. The van der Waals surface area contributed by atoms with Crippen LogP contribution in [-0.2, 0) is 0 Å². The molecule has 0 aliphatic carbocycles. The van der Waals surface area contributed by atoms with Gasteiger partial charge in [-0.3, -0.25) is 0 Å². The summed E-state index contributed by atoms with van der Waals surface area (Å²) in [6.07, 6.45) is 1.78. The minimum atomic E-state index is 0.453. The van der Waals surface area contributed by atoms with E-state index in [4.69, 9.17) is 9.47 Å². The van der Waals surface area contributed by atoms with E-state index >= 15 is 0 Å². The summed E-state index contributed by atoms with van der Waals surface area (Å²) >= 11 is 2.18. The van der Waals surface area contributed by atoms with Gasteiger partial charge in [-0.25, -0.2) is 4.98 Å². The van der Waals surface area contributed by atoms with Gasteiger partial charge in [0.25, 0.3) is 0 Å². The van der Waals surface area contributed by atoms with Gasteiger partial charge in [-0.2, -0.15) is 5.26 Å². The molecular weight excluding hydrogens is 417 g/mol. The summed E-state index contributed by atoms with van der Waals surface area (Å²) in [7, 11) is 3.19. The van der Waals surface area contributed by atoms with E-state index in [1.165, 1.54) is 0 Å². The number of aromatic nitrogens is 2. The molecule has 0 unspecified atom stereocenters. The molecule has 0 radical (unpaired) electrons. The minimum Gasteiger partial charge on any atom is -0.493 e. The highest BCUT2D eigenvalue weighted by Crippen LogP contribution is 2.34. The molecule has 1 heterocycles. The maximum absolute atomic E-state index is 9.53. The van der Waals surface area contributed by atoms with Gasteiger partial charge in [0.05, 0.1) is 34.4 Å². The fourth-order valence-electron chi connectivity index (χ4n) is 2.42. The van der Waals surface area contributed by atoms with Crippen LogP contribution in [0.4, 0.5) is 0 Å². The number of benzene rings is 2. The van der Waals surface area contributed by atoms with Gasteiger partial charge in [0.15, 0.2) is 11.5 Å². The van der Waals surface area contributed by atoms with Crippen LogP contribution in [0.5, 0.6) is 11.5 Å². The number of nitriles is 1. The maximum atomic E-state index is 9.53. The molecule has 120 valence electrons. The number of imidazole rings is 1. The minimum absolute atomic E-state index is 0.453. The van der Waals surface area contributed by atoms with Crippen LogP contribution < -0.4 is 9.47 Å². The van der Waals surface area contributed by atoms with Crippen molar-refractivity contribution in [3.63, 3.8) is 0 Å². The Morgan fingerprint density at radius 2 is 2.04 bits per heavy atom. The molecule has 24 heavy (non-hydrogen) atoms.